The van der Waals surface area contributed by atoms with E-state index in [1.54, 1.807) is 0 Å². The predicted molar refractivity (Wildman–Crippen MR) is 133 cm³/mol. The number of pyridine rings is 1. The summed E-state index contributed by atoms with van der Waals surface area (Å²) in [6.07, 6.45) is 8.40. The highest BCUT2D eigenvalue weighted by Crippen LogP contribution is 2.29. The van der Waals surface area contributed by atoms with Gasteiger partial charge in [-0.1, -0.05) is 86.1 Å². The highest BCUT2D eigenvalue weighted by molar-refractivity contribution is 9.10. The van der Waals surface area contributed by atoms with Crippen LogP contribution in [-0.4, -0.2) is 16.9 Å². The first-order valence-electron chi connectivity index (χ1n) is 11.5. The number of amides is 1. The molecule has 0 bridgehead atoms. The van der Waals surface area contributed by atoms with Gasteiger partial charge in [-0.3, -0.25) is 4.79 Å². The third-order valence-corrected chi connectivity index (χ3v) is 6.82. The lowest BCUT2D eigenvalue weighted by atomic mass is 9.96. The van der Waals surface area contributed by atoms with Crippen molar-refractivity contribution in [2.75, 3.05) is 0 Å². The van der Waals surface area contributed by atoms with Gasteiger partial charge in [-0.15, -0.1) is 0 Å². The molecule has 1 aliphatic carbocycles. The van der Waals surface area contributed by atoms with Crippen molar-refractivity contribution in [1.82, 2.24) is 10.3 Å². The molecule has 0 spiro atoms. The van der Waals surface area contributed by atoms with E-state index in [2.05, 4.69) is 59.4 Å². The van der Waals surface area contributed by atoms with Crippen LogP contribution in [0.2, 0.25) is 0 Å². The van der Waals surface area contributed by atoms with Crippen molar-refractivity contribution in [2.24, 2.45) is 0 Å². The molecule has 0 saturated heterocycles. The van der Waals surface area contributed by atoms with Gasteiger partial charge < -0.3 is 5.32 Å². The van der Waals surface area contributed by atoms with Gasteiger partial charge in [-0.05, 0) is 48.6 Å². The van der Waals surface area contributed by atoms with E-state index in [9.17, 15) is 4.79 Å². The van der Waals surface area contributed by atoms with Crippen LogP contribution in [0.3, 0.4) is 0 Å². The zero-order chi connectivity index (χ0) is 21.8. The maximum absolute atomic E-state index is 13.4. The third kappa shape index (κ3) is 5.35. The number of benzene rings is 2. The molecule has 0 radical (unpaired) electrons. The van der Waals surface area contributed by atoms with Crippen molar-refractivity contribution in [2.45, 2.75) is 70.8 Å². The minimum Gasteiger partial charge on any atom is -0.349 e. The van der Waals surface area contributed by atoms with Gasteiger partial charge in [0.05, 0.1) is 16.8 Å². The van der Waals surface area contributed by atoms with E-state index < -0.39 is 0 Å². The molecular formula is C27H31BrN2O. The molecule has 1 aromatic heterocycles. The number of aromatic nitrogens is 1. The van der Waals surface area contributed by atoms with Crippen molar-refractivity contribution >= 4 is 32.7 Å². The maximum atomic E-state index is 13.4. The van der Waals surface area contributed by atoms with E-state index in [0.717, 1.165) is 39.5 Å². The number of halogens is 1. The number of rotatable bonds is 4. The molecule has 31 heavy (non-hydrogen) atoms. The Morgan fingerprint density at radius 2 is 1.65 bits per heavy atom. The van der Waals surface area contributed by atoms with Gasteiger partial charge in [-0.2, -0.15) is 0 Å². The lowest BCUT2D eigenvalue weighted by Crippen LogP contribution is -2.35. The van der Waals surface area contributed by atoms with E-state index in [0.29, 0.717) is 11.5 Å². The van der Waals surface area contributed by atoms with Crippen molar-refractivity contribution in [3.63, 3.8) is 0 Å². The van der Waals surface area contributed by atoms with Crippen molar-refractivity contribution < 1.29 is 4.79 Å². The third-order valence-electron chi connectivity index (χ3n) is 6.33. The molecule has 1 N–H and O–H groups in total. The fourth-order valence-electron chi connectivity index (χ4n) is 4.44. The van der Waals surface area contributed by atoms with Crippen LogP contribution in [-0.2, 0) is 0 Å². The second kappa shape index (κ2) is 9.95. The zero-order valence-electron chi connectivity index (χ0n) is 18.5. The summed E-state index contributed by atoms with van der Waals surface area (Å²) in [6, 6.07) is 16.7. The summed E-state index contributed by atoms with van der Waals surface area (Å²) in [7, 11) is 0. The Labute approximate surface area is 193 Å². The van der Waals surface area contributed by atoms with Crippen LogP contribution in [0.1, 0.15) is 80.6 Å². The SMILES string of the molecule is CC(C)c1ccc(-c2cc(C(=O)NC3CCCCCCC3)c3cc(Br)ccc3n2)cc1. The predicted octanol–water partition coefficient (Wildman–Crippen LogP) is 7.63. The fourth-order valence-corrected chi connectivity index (χ4v) is 4.80. The summed E-state index contributed by atoms with van der Waals surface area (Å²) in [5, 5.41) is 4.22. The van der Waals surface area contributed by atoms with Crippen LogP contribution in [0.25, 0.3) is 22.2 Å². The van der Waals surface area contributed by atoms with Gasteiger partial charge >= 0.3 is 0 Å². The molecule has 0 unspecified atom stereocenters. The van der Waals surface area contributed by atoms with E-state index in [1.165, 1.54) is 37.7 Å². The van der Waals surface area contributed by atoms with Gasteiger partial charge in [0.25, 0.3) is 5.91 Å². The summed E-state index contributed by atoms with van der Waals surface area (Å²) in [4.78, 5) is 18.3. The van der Waals surface area contributed by atoms with Crippen molar-refractivity contribution in [3.8, 4) is 11.3 Å². The topological polar surface area (TPSA) is 42.0 Å². The molecule has 1 saturated carbocycles. The normalized spacial score (nSPS) is 15.6. The van der Waals surface area contributed by atoms with Crippen LogP contribution in [0.4, 0.5) is 0 Å². The Morgan fingerprint density at radius 3 is 2.32 bits per heavy atom. The highest BCUT2D eigenvalue weighted by atomic mass is 79.9. The quantitative estimate of drug-likeness (QED) is 0.418. The number of carbonyl (C=O) groups is 1. The summed E-state index contributed by atoms with van der Waals surface area (Å²) >= 11 is 3.56. The largest absolute Gasteiger partial charge is 0.349 e. The maximum Gasteiger partial charge on any atom is 0.252 e. The first-order valence-corrected chi connectivity index (χ1v) is 12.3. The zero-order valence-corrected chi connectivity index (χ0v) is 20.0. The molecule has 3 nitrogen and oxygen atoms in total. The fraction of sp³-hybridized carbons (Fsp3) is 0.407. The Balaban J connectivity index is 1.70. The number of hydrogen-bond donors (Lipinski definition) is 1. The molecule has 1 amide bonds. The molecule has 2 aromatic carbocycles. The summed E-state index contributed by atoms with van der Waals surface area (Å²) in [6.45, 7) is 4.39. The Bertz CT molecular complexity index is 1050. The summed E-state index contributed by atoms with van der Waals surface area (Å²) < 4.78 is 0.954. The van der Waals surface area contributed by atoms with Crippen molar-refractivity contribution in [3.05, 3.63) is 64.1 Å². The Hall–Kier alpha value is -2.20. The molecule has 4 rings (SSSR count). The lowest BCUT2D eigenvalue weighted by molar-refractivity contribution is 0.0932. The summed E-state index contributed by atoms with van der Waals surface area (Å²) in [5.74, 6) is 0.497. The van der Waals surface area contributed by atoms with E-state index in [1.807, 2.05) is 24.3 Å². The molecule has 3 aromatic rings. The number of nitrogens with zero attached hydrogens (tertiary/aromatic N) is 1. The van der Waals surface area contributed by atoms with Gasteiger partial charge in [0.2, 0.25) is 0 Å². The number of fused-ring (bicyclic) bond motifs is 1. The first-order chi connectivity index (χ1) is 15.0. The number of nitrogens with one attached hydrogen (secondary N) is 1. The lowest BCUT2D eigenvalue weighted by Gasteiger charge is -2.21. The second-order valence-corrected chi connectivity index (χ2v) is 9.92. The van der Waals surface area contributed by atoms with Crippen LogP contribution < -0.4 is 5.32 Å². The minimum atomic E-state index is 0.0103. The van der Waals surface area contributed by atoms with Crippen LogP contribution >= 0.6 is 15.9 Å². The van der Waals surface area contributed by atoms with Gasteiger partial charge in [0, 0.05) is 21.5 Å². The molecule has 1 aliphatic rings. The smallest absolute Gasteiger partial charge is 0.252 e. The van der Waals surface area contributed by atoms with E-state index in [4.69, 9.17) is 4.98 Å². The molecule has 4 heteroatoms. The molecule has 0 aliphatic heterocycles. The monoisotopic (exact) mass is 478 g/mol. The molecule has 1 heterocycles. The van der Waals surface area contributed by atoms with Crippen LogP contribution in [0.15, 0.2) is 53.0 Å². The standard InChI is InChI=1S/C27H31BrN2O/c1-18(2)19-10-12-20(13-11-19)26-17-24(23-16-21(28)14-15-25(23)30-26)27(31)29-22-8-6-4-3-5-7-9-22/h10-18,22H,3-9H2,1-2H3,(H,29,31). The average Bonchev–Trinajstić information content (AvgIpc) is 2.74. The van der Waals surface area contributed by atoms with Gasteiger partial charge in [0.1, 0.15) is 0 Å². The van der Waals surface area contributed by atoms with Crippen molar-refractivity contribution in [1.29, 1.82) is 0 Å². The first kappa shape index (κ1) is 22.0. The Kier molecular flexibility index (Phi) is 7.06. The average molecular weight is 479 g/mol. The molecule has 1 fully saturated rings. The number of carbonyl (C=O) groups excluding carboxylic acids is 1. The van der Waals surface area contributed by atoms with Gasteiger partial charge in [0.15, 0.2) is 0 Å². The molecular weight excluding hydrogens is 448 g/mol. The summed E-state index contributed by atoms with van der Waals surface area (Å²) in [5.41, 5.74) is 4.73. The van der Waals surface area contributed by atoms with Crippen LogP contribution in [0.5, 0.6) is 0 Å². The second-order valence-electron chi connectivity index (χ2n) is 9.01. The Morgan fingerprint density at radius 1 is 0.968 bits per heavy atom. The number of hydrogen-bond acceptors (Lipinski definition) is 2. The van der Waals surface area contributed by atoms with E-state index >= 15 is 0 Å². The molecule has 162 valence electrons. The van der Waals surface area contributed by atoms with Crippen LogP contribution in [0, 0.1) is 0 Å². The van der Waals surface area contributed by atoms with E-state index in [-0.39, 0.29) is 11.9 Å². The molecule has 0 atom stereocenters. The highest BCUT2D eigenvalue weighted by Gasteiger charge is 2.19. The minimum absolute atomic E-state index is 0.0103. The van der Waals surface area contributed by atoms with Gasteiger partial charge in [-0.25, -0.2) is 4.98 Å².